The zero-order valence-electron chi connectivity index (χ0n) is 10.7. The monoisotopic (exact) mass is 286 g/mol. The molecule has 2 nitrogen and oxygen atoms in total. The predicted octanol–water partition coefficient (Wildman–Crippen LogP) is 3.55. The van der Waals surface area contributed by atoms with Gasteiger partial charge in [-0.2, -0.15) is 0 Å². The van der Waals surface area contributed by atoms with Crippen LogP contribution in [0.4, 0.5) is 0 Å². The van der Waals surface area contributed by atoms with Crippen molar-refractivity contribution < 1.29 is 0 Å². The van der Waals surface area contributed by atoms with E-state index in [2.05, 4.69) is 11.8 Å². The molecule has 0 saturated carbocycles. The number of nitrogens with two attached hydrogens (primary N) is 1. The standard InChI is InChI=1S/C14H20Cl2N2/c1-10-4-3-7-18(13(10)8-17)9-11-5-2-6-12(15)14(11)16/h2,5-6,10,13H,3-4,7-9,17H2,1H3. The third-order valence-corrected chi connectivity index (χ3v) is 4.74. The highest BCUT2D eigenvalue weighted by Gasteiger charge is 2.27. The molecule has 18 heavy (non-hydrogen) atoms. The topological polar surface area (TPSA) is 29.3 Å². The van der Waals surface area contributed by atoms with Gasteiger partial charge in [0.1, 0.15) is 0 Å². The van der Waals surface area contributed by atoms with Gasteiger partial charge in [0.05, 0.1) is 10.0 Å². The molecule has 0 aliphatic carbocycles. The van der Waals surface area contributed by atoms with Crippen molar-refractivity contribution in [3.63, 3.8) is 0 Å². The first kappa shape index (κ1) is 14.1. The zero-order valence-corrected chi connectivity index (χ0v) is 12.2. The third kappa shape index (κ3) is 3.00. The van der Waals surface area contributed by atoms with Crippen LogP contribution in [0.15, 0.2) is 18.2 Å². The maximum atomic E-state index is 6.25. The average Bonchev–Trinajstić information content (AvgIpc) is 2.35. The van der Waals surface area contributed by atoms with Crippen LogP contribution in [0.1, 0.15) is 25.3 Å². The molecule has 2 N–H and O–H groups in total. The molecular formula is C14H20Cl2N2. The first-order chi connectivity index (χ1) is 8.63. The molecule has 0 radical (unpaired) electrons. The number of piperidine rings is 1. The normalized spacial score (nSPS) is 25.3. The van der Waals surface area contributed by atoms with Crippen LogP contribution < -0.4 is 5.73 Å². The van der Waals surface area contributed by atoms with Gasteiger partial charge in [-0.1, -0.05) is 42.3 Å². The van der Waals surface area contributed by atoms with Crippen LogP contribution in [0, 0.1) is 5.92 Å². The third-order valence-electron chi connectivity index (χ3n) is 3.88. The Labute approximate surface area is 119 Å². The quantitative estimate of drug-likeness (QED) is 0.921. The van der Waals surface area contributed by atoms with Gasteiger partial charge >= 0.3 is 0 Å². The lowest BCUT2D eigenvalue weighted by atomic mass is 9.90. The lowest BCUT2D eigenvalue weighted by Gasteiger charge is -2.39. The van der Waals surface area contributed by atoms with E-state index in [0.717, 1.165) is 18.7 Å². The van der Waals surface area contributed by atoms with Crippen LogP contribution >= 0.6 is 23.2 Å². The molecule has 0 aromatic heterocycles. The van der Waals surface area contributed by atoms with E-state index in [1.165, 1.54) is 12.8 Å². The lowest BCUT2D eigenvalue weighted by molar-refractivity contribution is 0.0991. The van der Waals surface area contributed by atoms with E-state index < -0.39 is 0 Å². The summed E-state index contributed by atoms with van der Waals surface area (Å²) in [5.74, 6) is 0.654. The van der Waals surface area contributed by atoms with Crippen molar-refractivity contribution in [3.8, 4) is 0 Å². The van der Waals surface area contributed by atoms with E-state index in [9.17, 15) is 0 Å². The summed E-state index contributed by atoms with van der Waals surface area (Å²) < 4.78 is 0. The molecule has 100 valence electrons. The second-order valence-corrected chi connectivity index (χ2v) is 5.89. The fraction of sp³-hybridized carbons (Fsp3) is 0.571. The van der Waals surface area contributed by atoms with Crippen molar-refractivity contribution >= 4 is 23.2 Å². The van der Waals surface area contributed by atoms with E-state index in [1.54, 1.807) is 0 Å². The van der Waals surface area contributed by atoms with E-state index >= 15 is 0 Å². The fourth-order valence-corrected chi connectivity index (χ4v) is 3.18. The van der Waals surface area contributed by atoms with Gasteiger partial charge in [0.25, 0.3) is 0 Å². The minimum Gasteiger partial charge on any atom is -0.329 e. The van der Waals surface area contributed by atoms with Crippen molar-refractivity contribution in [3.05, 3.63) is 33.8 Å². The molecule has 0 spiro atoms. The van der Waals surface area contributed by atoms with Gasteiger partial charge in [-0.05, 0) is 36.9 Å². The Balaban J connectivity index is 2.14. The molecule has 4 heteroatoms. The molecule has 2 rings (SSSR count). The number of likely N-dealkylation sites (tertiary alicyclic amines) is 1. The Morgan fingerprint density at radius 1 is 1.39 bits per heavy atom. The van der Waals surface area contributed by atoms with Gasteiger partial charge in [0, 0.05) is 19.1 Å². The van der Waals surface area contributed by atoms with Gasteiger partial charge < -0.3 is 5.73 Å². The van der Waals surface area contributed by atoms with E-state index in [1.807, 2.05) is 18.2 Å². The van der Waals surface area contributed by atoms with Crippen molar-refractivity contribution in [2.75, 3.05) is 13.1 Å². The van der Waals surface area contributed by atoms with E-state index in [0.29, 0.717) is 28.5 Å². The Kier molecular flexibility index (Phi) is 4.91. The number of hydrogen-bond acceptors (Lipinski definition) is 2. The van der Waals surface area contributed by atoms with Gasteiger partial charge in [0.2, 0.25) is 0 Å². The number of hydrogen-bond donors (Lipinski definition) is 1. The van der Waals surface area contributed by atoms with Crippen LogP contribution in [0.2, 0.25) is 10.0 Å². The van der Waals surface area contributed by atoms with Crippen molar-refractivity contribution in [2.24, 2.45) is 11.7 Å². The second kappa shape index (κ2) is 6.25. The molecule has 2 unspecified atom stereocenters. The summed E-state index contributed by atoms with van der Waals surface area (Å²) >= 11 is 12.3. The van der Waals surface area contributed by atoms with Crippen molar-refractivity contribution in [1.29, 1.82) is 0 Å². The van der Waals surface area contributed by atoms with Crippen LogP contribution in [-0.4, -0.2) is 24.0 Å². The second-order valence-electron chi connectivity index (χ2n) is 5.11. The van der Waals surface area contributed by atoms with Crippen LogP contribution in [0.3, 0.4) is 0 Å². The summed E-state index contributed by atoms with van der Waals surface area (Å²) in [6, 6.07) is 6.27. The van der Waals surface area contributed by atoms with Crippen LogP contribution in [0.5, 0.6) is 0 Å². The largest absolute Gasteiger partial charge is 0.329 e. The zero-order chi connectivity index (χ0) is 13.1. The summed E-state index contributed by atoms with van der Waals surface area (Å²) in [5.41, 5.74) is 7.00. The van der Waals surface area contributed by atoms with Crippen LogP contribution in [0.25, 0.3) is 0 Å². The SMILES string of the molecule is CC1CCCN(Cc2cccc(Cl)c2Cl)C1CN. The van der Waals surface area contributed by atoms with Gasteiger partial charge in [-0.15, -0.1) is 0 Å². The minimum atomic E-state index is 0.453. The Hall–Kier alpha value is -0.280. The molecule has 1 saturated heterocycles. The van der Waals surface area contributed by atoms with Crippen molar-refractivity contribution in [1.82, 2.24) is 4.90 Å². The first-order valence-corrected chi connectivity index (χ1v) is 7.26. The molecule has 1 fully saturated rings. The maximum Gasteiger partial charge on any atom is 0.0637 e. The molecular weight excluding hydrogens is 267 g/mol. The first-order valence-electron chi connectivity index (χ1n) is 6.50. The van der Waals surface area contributed by atoms with Gasteiger partial charge in [-0.25, -0.2) is 0 Å². The maximum absolute atomic E-state index is 6.25. The molecule has 0 amide bonds. The highest BCUT2D eigenvalue weighted by atomic mass is 35.5. The van der Waals surface area contributed by atoms with E-state index in [4.69, 9.17) is 28.9 Å². The summed E-state index contributed by atoms with van der Waals surface area (Å²) in [4.78, 5) is 2.44. The van der Waals surface area contributed by atoms with Crippen molar-refractivity contribution in [2.45, 2.75) is 32.4 Å². The summed E-state index contributed by atoms with van der Waals surface area (Å²) in [7, 11) is 0. The number of rotatable bonds is 3. The number of halogens is 2. The van der Waals surface area contributed by atoms with Gasteiger partial charge in [0.15, 0.2) is 0 Å². The highest BCUT2D eigenvalue weighted by Crippen LogP contribution is 2.29. The molecule has 1 aliphatic rings. The Morgan fingerprint density at radius 3 is 2.89 bits per heavy atom. The average molecular weight is 287 g/mol. The Bertz CT molecular complexity index is 409. The molecule has 0 bridgehead atoms. The number of nitrogens with zero attached hydrogens (tertiary/aromatic N) is 1. The van der Waals surface area contributed by atoms with Crippen LogP contribution in [-0.2, 0) is 6.54 Å². The summed E-state index contributed by atoms with van der Waals surface area (Å²) in [5, 5.41) is 1.30. The lowest BCUT2D eigenvalue weighted by Crippen LogP contribution is -2.48. The smallest absolute Gasteiger partial charge is 0.0637 e. The summed E-state index contributed by atoms with van der Waals surface area (Å²) in [6.45, 7) is 4.92. The minimum absolute atomic E-state index is 0.453. The molecule has 1 heterocycles. The summed E-state index contributed by atoms with van der Waals surface area (Å²) in [6.07, 6.45) is 2.50. The van der Waals surface area contributed by atoms with Gasteiger partial charge in [-0.3, -0.25) is 4.90 Å². The predicted molar refractivity (Wildman–Crippen MR) is 78.1 cm³/mol. The Morgan fingerprint density at radius 2 is 2.17 bits per heavy atom. The molecule has 1 aliphatic heterocycles. The fourth-order valence-electron chi connectivity index (χ4n) is 2.80. The molecule has 1 aromatic carbocycles. The van der Waals surface area contributed by atoms with E-state index in [-0.39, 0.29) is 0 Å². The number of benzene rings is 1. The molecule has 2 atom stereocenters. The highest BCUT2D eigenvalue weighted by molar-refractivity contribution is 6.42. The molecule has 1 aromatic rings.